The summed E-state index contributed by atoms with van der Waals surface area (Å²) in [6.07, 6.45) is 1.22. The van der Waals surface area contributed by atoms with Crippen molar-refractivity contribution in [2.75, 3.05) is 0 Å². The van der Waals surface area contributed by atoms with E-state index in [4.69, 9.17) is 19.5 Å². The quantitative estimate of drug-likeness (QED) is 0.682. The van der Waals surface area contributed by atoms with E-state index in [1.807, 2.05) is 0 Å². The highest BCUT2D eigenvalue weighted by Crippen LogP contribution is 1.67. The summed E-state index contributed by atoms with van der Waals surface area (Å²) in [5.41, 5.74) is 0. The number of carboxylic acids is 1. The van der Waals surface area contributed by atoms with Crippen LogP contribution in [0.1, 0.15) is 50.0 Å². The Kier molecular flexibility index (Phi) is 410. The molecule has 6 heteroatoms. The Hall–Kier alpha value is -1.52. The average molecular weight is 243 g/mol. The number of rotatable bonds is 1. The second-order valence-corrected chi connectivity index (χ2v) is 1.07. The van der Waals surface area contributed by atoms with Crippen molar-refractivity contribution in [2.24, 2.45) is 0 Å². The highest BCUT2D eigenvalue weighted by atomic mass is 16.4. The molecule has 0 radical (unpaired) electrons. The van der Waals surface area contributed by atoms with Gasteiger partial charge >= 0.3 is 12.1 Å². The standard InChI is InChI=1S/C3H6O2.C2H4O.CO2.4CH4.H3N/c1-2-3(4)5;1-2-3;2-1-3;;;;;/h2H2,1H3,(H,4,5);2H,1H3;;4*1H4;1H3. The topological polar surface area (TPSA) is 124 Å². The number of hydrogen-bond donors (Lipinski definition) is 2. The molecule has 0 rings (SSSR count). The lowest BCUT2D eigenvalue weighted by Crippen LogP contribution is -1.86. The maximum atomic E-state index is 9.37. The van der Waals surface area contributed by atoms with Crippen LogP contribution in [0.2, 0.25) is 0 Å². The van der Waals surface area contributed by atoms with Crippen molar-refractivity contribution in [3.05, 3.63) is 0 Å². The molecule has 0 bridgehead atoms. The van der Waals surface area contributed by atoms with Gasteiger partial charge in [-0.1, -0.05) is 36.6 Å². The van der Waals surface area contributed by atoms with Gasteiger partial charge in [0.05, 0.1) is 0 Å². The van der Waals surface area contributed by atoms with Gasteiger partial charge in [0, 0.05) is 6.42 Å². The van der Waals surface area contributed by atoms with Gasteiger partial charge < -0.3 is 16.1 Å². The molecule has 0 spiro atoms. The summed E-state index contributed by atoms with van der Waals surface area (Å²) >= 11 is 0. The van der Waals surface area contributed by atoms with Crippen LogP contribution >= 0.6 is 0 Å². The van der Waals surface area contributed by atoms with Crippen LogP contribution in [0, 0.1) is 0 Å². The molecular formula is C10H29NO5. The molecule has 0 aromatic rings. The number of aldehydes is 1. The van der Waals surface area contributed by atoms with Gasteiger partial charge in [-0.25, -0.2) is 0 Å². The fourth-order valence-electron chi connectivity index (χ4n) is 0. The van der Waals surface area contributed by atoms with Crippen LogP contribution in [0.25, 0.3) is 0 Å². The Morgan fingerprint density at radius 1 is 1.19 bits per heavy atom. The van der Waals surface area contributed by atoms with Crippen molar-refractivity contribution in [1.82, 2.24) is 6.15 Å². The molecule has 0 saturated heterocycles. The zero-order chi connectivity index (χ0) is 9.70. The molecule has 4 N–H and O–H groups in total. The van der Waals surface area contributed by atoms with Crippen molar-refractivity contribution in [3.63, 3.8) is 0 Å². The number of carboxylic acid groups (broad SMARTS) is 1. The maximum Gasteiger partial charge on any atom is 0.373 e. The average Bonchev–Trinajstić information content (AvgIpc) is 1.91. The molecule has 0 saturated carbocycles. The van der Waals surface area contributed by atoms with Crippen LogP contribution < -0.4 is 6.15 Å². The van der Waals surface area contributed by atoms with Crippen LogP contribution in [0.4, 0.5) is 0 Å². The minimum absolute atomic E-state index is 0. The first-order chi connectivity index (χ1) is 5.10. The normalized spacial score (nSPS) is 3.62. The molecule has 0 aliphatic heterocycles. The van der Waals surface area contributed by atoms with E-state index in [1.54, 1.807) is 6.92 Å². The van der Waals surface area contributed by atoms with Crippen molar-refractivity contribution in [3.8, 4) is 0 Å². The minimum atomic E-state index is -0.745. The third kappa shape index (κ3) is 7140. The zero-order valence-electron chi connectivity index (χ0n) is 7.07. The summed E-state index contributed by atoms with van der Waals surface area (Å²) in [6, 6.07) is 0. The lowest BCUT2D eigenvalue weighted by molar-refractivity contribution is -0.191. The fraction of sp³-hybridized carbons (Fsp3) is 0.700. The van der Waals surface area contributed by atoms with Gasteiger partial charge in [-0.2, -0.15) is 9.59 Å². The Morgan fingerprint density at radius 2 is 1.25 bits per heavy atom. The predicted molar refractivity (Wildman–Crippen MR) is 66.6 cm³/mol. The molecule has 0 heterocycles. The van der Waals surface area contributed by atoms with Gasteiger partial charge in [0.15, 0.2) is 0 Å². The Labute approximate surface area is 99.6 Å². The van der Waals surface area contributed by atoms with E-state index in [1.165, 1.54) is 6.92 Å². The molecule has 16 heavy (non-hydrogen) atoms. The lowest BCUT2D eigenvalue weighted by atomic mass is 10.5. The van der Waals surface area contributed by atoms with Crippen molar-refractivity contribution >= 4 is 18.4 Å². The summed E-state index contributed by atoms with van der Waals surface area (Å²) in [6.45, 7) is 3.04. The van der Waals surface area contributed by atoms with Crippen molar-refractivity contribution in [1.29, 1.82) is 0 Å². The first-order valence-electron chi connectivity index (χ1n) is 2.71. The molecule has 0 aromatic carbocycles. The summed E-state index contributed by atoms with van der Waals surface area (Å²) in [5, 5.41) is 7.72. The first-order valence-corrected chi connectivity index (χ1v) is 2.71. The van der Waals surface area contributed by atoms with E-state index in [2.05, 4.69) is 0 Å². The summed E-state index contributed by atoms with van der Waals surface area (Å²) < 4.78 is 0. The maximum absolute atomic E-state index is 9.37. The van der Waals surface area contributed by atoms with Crippen LogP contribution in [0.15, 0.2) is 0 Å². The van der Waals surface area contributed by atoms with E-state index in [0.717, 1.165) is 6.29 Å². The third-order valence-electron chi connectivity index (χ3n) is 0.302. The van der Waals surface area contributed by atoms with E-state index in [-0.39, 0.29) is 48.4 Å². The Balaban J connectivity index is -0.00000000895. The summed E-state index contributed by atoms with van der Waals surface area (Å²) in [4.78, 5) is 34.4. The number of carbonyl (C=O) groups excluding carboxylic acids is 3. The third-order valence-corrected chi connectivity index (χ3v) is 0.302. The molecule has 0 unspecified atom stereocenters. The second kappa shape index (κ2) is 105. The molecule has 0 aliphatic carbocycles. The molecule has 0 aliphatic rings. The number of hydrogen-bond acceptors (Lipinski definition) is 5. The summed E-state index contributed by atoms with van der Waals surface area (Å²) in [7, 11) is 0. The fourth-order valence-corrected chi connectivity index (χ4v) is 0. The number of aliphatic carboxylic acids is 1. The van der Waals surface area contributed by atoms with Crippen molar-refractivity contribution in [2.45, 2.75) is 50.0 Å². The Bertz CT molecular complexity index is 131. The minimum Gasteiger partial charge on any atom is -0.481 e. The van der Waals surface area contributed by atoms with E-state index in [0.29, 0.717) is 0 Å². The zero-order valence-corrected chi connectivity index (χ0v) is 7.07. The molecule has 6 nitrogen and oxygen atoms in total. The molecule has 0 aromatic heterocycles. The van der Waals surface area contributed by atoms with Crippen molar-refractivity contribution < 1.29 is 24.3 Å². The van der Waals surface area contributed by atoms with E-state index < -0.39 is 5.97 Å². The van der Waals surface area contributed by atoms with Gasteiger partial charge in [0.25, 0.3) is 0 Å². The van der Waals surface area contributed by atoms with Crippen LogP contribution in [-0.2, 0) is 19.2 Å². The van der Waals surface area contributed by atoms with Gasteiger partial charge in [-0.05, 0) is 6.92 Å². The lowest BCUT2D eigenvalue weighted by Gasteiger charge is -1.71. The molecule has 0 atom stereocenters. The first kappa shape index (κ1) is 62.7. The monoisotopic (exact) mass is 243 g/mol. The molecular weight excluding hydrogens is 214 g/mol. The van der Waals surface area contributed by atoms with Gasteiger partial charge in [0.2, 0.25) is 0 Å². The van der Waals surface area contributed by atoms with Gasteiger partial charge in [-0.15, -0.1) is 0 Å². The van der Waals surface area contributed by atoms with Crippen LogP contribution in [-0.4, -0.2) is 23.5 Å². The SMILES string of the molecule is C.C.C.C.CC=O.CCC(=O)O.N.O=C=O. The smallest absolute Gasteiger partial charge is 0.373 e. The number of carbonyl (C=O) groups is 2. The summed E-state index contributed by atoms with van der Waals surface area (Å²) in [5.74, 6) is -0.745. The highest BCUT2D eigenvalue weighted by Gasteiger charge is 1.80. The molecule has 0 fully saturated rings. The molecule has 0 amide bonds. The largest absolute Gasteiger partial charge is 0.481 e. The van der Waals surface area contributed by atoms with Gasteiger partial charge in [0.1, 0.15) is 6.29 Å². The second-order valence-electron chi connectivity index (χ2n) is 1.07. The molecule has 104 valence electrons. The van der Waals surface area contributed by atoms with E-state index in [9.17, 15) is 4.79 Å². The van der Waals surface area contributed by atoms with Crippen LogP contribution in [0.3, 0.4) is 0 Å². The van der Waals surface area contributed by atoms with Crippen LogP contribution in [0.5, 0.6) is 0 Å². The van der Waals surface area contributed by atoms with Gasteiger partial charge in [-0.3, -0.25) is 4.79 Å². The predicted octanol–water partition coefficient (Wildman–Crippen LogP) is 2.81. The Morgan fingerprint density at radius 3 is 1.25 bits per heavy atom. The van der Waals surface area contributed by atoms with E-state index >= 15 is 0 Å². The highest BCUT2D eigenvalue weighted by molar-refractivity contribution is 5.66.